The van der Waals surface area contributed by atoms with Crippen molar-refractivity contribution in [1.82, 2.24) is 14.8 Å². The van der Waals surface area contributed by atoms with Crippen LogP contribution in [0.15, 0.2) is 17.5 Å². The fraction of sp³-hybridized carbons (Fsp3) is 0.478. The molecule has 2 aliphatic rings. The Kier molecular flexibility index (Phi) is 8.11. The van der Waals surface area contributed by atoms with E-state index in [4.69, 9.17) is 14.2 Å². The van der Waals surface area contributed by atoms with E-state index in [2.05, 4.69) is 10.3 Å². The second-order valence-corrected chi connectivity index (χ2v) is 11.6. The molecule has 2 aromatic rings. The Morgan fingerprint density at radius 3 is 2.62 bits per heavy atom. The van der Waals surface area contributed by atoms with Gasteiger partial charge in [-0.15, -0.1) is 11.3 Å². The lowest BCUT2D eigenvalue weighted by Crippen LogP contribution is -2.41. The zero-order chi connectivity index (χ0) is 26.7. The maximum Gasteiger partial charge on any atom is 0.265 e. The summed E-state index contributed by atoms with van der Waals surface area (Å²) in [5.74, 6) is -1.78. The molecular weight excluding hydrogens is 524 g/mol. The number of carbonyl (C=O) groups excluding carboxylic acids is 3. The van der Waals surface area contributed by atoms with Gasteiger partial charge in [-0.1, -0.05) is 0 Å². The minimum absolute atomic E-state index is 0.0439. The Morgan fingerprint density at radius 1 is 1.24 bits per heavy atom. The molecule has 37 heavy (non-hydrogen) atoms. The minimum Gasteiger partial charge on any atom is -0.491 e. The highest BCUT2D eigenvalue weighted by Gasteiger charge is 2.45. The van der Waals surface area contributed by atoms with Gasteiger partial charge in [-0.3, -0.25) is 24.2 Å². The van der Waals surface area contributed by atoms with E-state index in [1.54, 1.807) is 13.0 Å². The third-order valence-corrected chi connectivity index (χ3v) is 7.68. The van der Waals surface area contributed by atoms with E-state index in [1.807, 2.05) is 4.90 Å². The van der Waals surface area contributed by atoms with Crippen molar-refractivity contribution in [2.45, 2.75) is 13.0 Å². The predicted molar refractivity (Wildman–Crippen MR) is 135 cm³/mol. The number of thiophene rings is 1. The number of anilines is 1. The Bertz CT molecular complexity index is 1300. The van der Waals surface area contributed by atoms with Crippen LogP contribution in [0, 0.1) is 0 Å². The zero-order valence-corrected chi connectivity index (χ0v) is 22.3. The number of imide groups is 1. The second kappa shape index (κ2) is 11.1. The zero-order valence-electron chi connectivity index (χ0n) is 20.7. The molecule has 4 heterocycles. The lowest BCUT2D eigenvalue weighted by molar-refractivity contribution is -0.118. The Hall–Kier alpha value is -3.07. The number of methoxy groups -OCH3 is 1. The van der Waals surface area contributed by atoms with Gasteiger partial charge in [0.05, 0.1) is 62.1 Å². The number of morpholine rings is 1. The van der Waals surface area contributed by atoms with Crippen LogP contribution in [-0.4, -0.2) is 99.5 Å². The first-order valence-electron chi connectivity index (χ1n) is 11.6. The number of aromatic nitrogens is 1. The van der Waals surface area contributed by atoms with Gasteiger partial charge < -0.3 is 19.5 Å². The van der Waals surface area contributed by atoms with Crippen LogP contribution in [0.4, 0.5) is 5.00 Å². The summed E-state index contributed by atoms with van der Waals surface area (Å²) in [4.78, 5) is 46.7. The standard InChI is InChI=1S/C23H28N4O8S2/c1-4-35-20-17(33-2)6-5-15(24-20)16(13-37(3,31)32)27-22(29)14-12-36-21(19(14)23(27)30)25-18(28)11-26-7-9-34-10-8-26/h5-6,12,16H,4,7-11,13H2,1-3H3,(H,25,28). The monoisotopic (exact) mass is 552 g/mol. The highest BCUT2D eigenvalue weighted by Crippen LogP contribution is 2.40. The third-order valence-electron chi connectivity index (χ3n) is 5.86. The number of hydrogen-bond acceptors (Lipinski definition) is 11. The van der Waals surface area contributed by atoms with Gasteiger partial charge in [-0.2, -0.15) is 0 Å². The molecule has 1 atom stereocenters. The Labute approximate surface area is 218 Å². The highest BCUT2D eigenvalue weighted by molar-refractivity contribution is 7.90. The van der Waals surface area contributed by atoms with Crippen molar-refractivity contribution in [2.75, 3.05) is 63.9 Å². The molecule has 0 aromatic carbocycles. The SMILES string of the molecule is CCOc1nc(C(CS(C)(=O)=O)N2C(=O)c3csc(NC(=O)CN4CCOCC4)c3C2=O)ccc1OC. The van der Waals surface area contributed by atoms with Crippen molar-refractivity contribution >= 4 is 43.9 Å². The van der Waals surface area contributed by atoms with Crippen LogP contribution < -0.4 is 14.8 Å². The molecule has 0 bridgehead atoms. The van der Waals surface area contributed by atoms with Gasteiger partial charge in [-0.25, -0.2) is 13.4 Å². The number of sulfone groups is 1. The summed E-state index contributed by atoms with van der Waals surface area (Å²) >= 11 is 1.07. The molecule has 2 aromatic heterocycles. The van der Waals surface area contributed by atoms with Gasteiger partial charge in [0.25, 0.3) is 17.7 Å². The number of hydrogen-bond donors (Lipinski definition) is 1. The molecule has 0 aliphatic carbocycles. The van der Waals surface area contributed by atoms with Crippen molar-refractivity contribution in [3.05, 3.63) is 34.3 Å². The first kappa shape index (κ1) is 27.0. The van der Waals surface area contributed by atoms with E-state index in [0.29, 0.717) is 32.1 Å². The summed E-state index contributed by atoms with van der Waals surface area (Å²) in [6.45, 7) is 4.46. The number of amides is 3. The maximum absolute atomic E-state index is 13.5. The number of nitrogens with zero attached hydrogens (tertiary/aromatic N) is 3. The maximum atomic E-state index is 13.5. The van der Waals surface area contributed by atoms with E-state index in [1.165, 1.54) is 18.6 Å². The van der Waals surface area contributed by atoms with E-state index in [0.717, 1.165) is 22.5 Å². The Morgan fingerprint density at radius 2 is 1.97 bits per heavy atom. The fourth-order valence-electron chi connectivity index (χ4n) is 4.18. The molecule has 4 rings (SSSR count). The number of pyridine rings is 1. The topological polar surface area (TPSA) is 144 Å². The molecule has 0 spiro atoms. The van der Waals surface area contributed by atoms with Crippen molar-refractivity contribution in [2.24, 2.45) is 0 Å². The van der Waals surface area contributed by atoms with Gasteiger partial charge in [0.15, 0.2) is 5.75 Å². The van der Waals surface area contributed by atoms with Crippen molar-refractivity contribution in [3.63, 3.8) is 0 Å². The van der Waals surface area contributed by atoms with Crippen molar-refractivity contribution < 1.29 is 37.0 Å². The van der Waals surface area contributed by atoms with Crippen LogP contribution in [0.1, 0.15) is 39.4 Å². The predicted octanol–water partition coefficient (Wildman–Crippen LogP) is 1.20. The van der Waals surface area contributed by atoms with Crippen LogP contribution in [-0.2, 0) is 19.4 Å². The normalized spacial score (nSPS) is 17.0. The summed E-state index contributed by atoms with van der Waals surface area (Å²) in [5.41, 5.74) is 0.305. The average Bonchev–Trinajstić information content (AvgIpc) is 3.37. The molecule has 1 fully saturated rings. The molecule has 1 saturated heterocycles. The second-order valence-electron chi connectivity index (χ2n) is 8.56. The summed E-state index contributed by atoms with van der Waals surface area (Å²) in [5, 5.41) is 4.47. The molecule has 2 aliphatic heterocycles. The fourth-order valence-corrected chi connectivity index (χ4v) is 6.01. The van der Waals surface area contributed by atoms with Gasteiger partial charge in [0.2, 0.25) is 5.91 Å². The number of carbonyl (C=O) groups is 3. The summed E-state index contributed by atoms with van der Waals surface area (Å²) in [6.07, 6.45) is 1.02. The van der Waals surface area contributed by atoms with Crippen molar-refractivity contribution in [1.29, 1.82) is 0 Å². The summed E-state index contributed by atoms with van der Waals surface area (Å²) in [7, 11) is -2.22. The average molecular weight is 553 g/mol. The molecule has 1 unspecified atom stereocenters. The smallest absolute Gasteiger partial charge is 0.265 e. The van der Waals surface area contributed by atoms with Crippen LogP contribution >= 0.6 is 11.3 Å². The van der Waals surface area contributed by atoms with Gasteiger partial charge in [0.1, 0.15) is 14.8 Å². The van der Waals surface area contributed by atoms with Crippen LogP contribution in [0.5, 0.6) is 11.6 Å². The van der Waals surface area contributed by atoms with Gasteiger partial charge >= 0.3 is 0 Å². The van der Waals surface area contributed by atoms with Crippen LogP contribution in [0.3, 0.4) is 0 Å². The molecule has 200 valence electrons. The largest absolute Gasteiger partial charge is 0.491 e. The number of ether oxygens (including phenoxy) is 3. The van der Waals surface area contributed by atoms with Crippen LogP contribution in [0.25, 0.3) is 0 Å². The molecular formula is C23H28N4O8S2. The molecule has 12 nitrogen and oxygen atoms in total. The van der Waals surface area contributed by atoms with Crippen molar-refractivity contribution in [3.8, 4) is 11.6 Å². The number of rotatable bonds is 10. The van der Waals surface area contributed by atoms with Crippen LogP contribution in [0.2, 0.25) is 0 Å². The number of fused-ring (bicyclic) bond motifs is 1. The van der Waals surface area contributed by atoms with Gasteiger partial charge in [0, 0.05) is 24.7 Å². The minimum atomic E-state index is -3.65. The highest BCUT2D eigenvalue weighted by atomic mass is 32.2. The molecule has 0 saturated carbocycles. The third kappa shape index (κ3) is 5.92. The molecule has 3 amide bonds. The quantitative estimate of drug-likeness (QED) is 0.427. The van der Waals surface area contributed by atoms with E-state index >= 15 is 0 Å². The van der Waals surface area contributed by atoms with E-state index < -0.39 is 33.4 Å². The van der Waals surface area contributed by atoms with E-state index in [9.17, 15) is 22.8 Å². The molecule has 1 N–H and O–H groups in total. The summed E-state index contributed by atoms with van der Waals surface area (Å²) in [6, 6.07) is 1.82. The lowest BCUT2D eigenvalue weighted by Gasteiger charge is -2.26. The summed E-state index contributed by atoms with van der Waals surface area (Å²) < 4.78 is 40.7. The Balaban J connectivity index is 1.63. The van der Waals surface area contributed by atoms with E-state index in [-0.39, 0.29) is 46.8 Å². The number of nitrogens with one attached hydrogen (secondary N) is 1. The molecule has 14 heteroatoms. The first-order chi connectivity index (χ1) is 17.6. The first-order valence-corrected chi connectivity index (χ1v) is 14.5. The van der Waals surface area contributed by atoms with Gasteiger partial charge in [-0.05, 0) is 19.1 Å². The molecule has 0 radical (unpaired) electrons. The lowest BCUT2D eigenvalue weighted by atomic mass is 10.1.